The van der Waals surface area contributed by atoms with Crippen molar-refractivity contribution in [1.82, 2.24) is 15.0 Å². The molecule has 3 rings (SSSR count). The summed E-state index contributed by atoms with van der Waals surface area (Å²) in [7, 11) is 1.88. The summed E-state index contributed by atoms with van der Waals surface area (Å²) in [5.74, 6) is 1.59. The Balaban J connectivity index is 1.76. The smallest absolute Gasteiger partial charge is 0.259 e. The minimum Gasteiger partial charge on any atom is -0.361 e. The second-order valence-corrected chi connectivity index (χ2v) is 6.71. The zero-order valence-electron chi connectivity index (χ0n) is 15.5. The van der Waals surface area contributed by atoms with E-state index in [4.69, 9.17) is 4.52 Å². The number of rotatable bonds is 4. The third-order valence-electron chi connectivity index (χ3n) is 4.94. The first-order valence-corrected chi connectivity index (χ1v) is 8.92. The van der Waals surface area contributed by atoms with Gasteiger partial charge in [0, 0.05) is 31.9 Å². The fourth-order valence-corrected chi connectivity index (χ4v) is 3.46. The molecule has 0 aromatic carbocycles. The second-order valence-electron chi connectivity index (χ2n) is 6.71. The Hall–Kier alpha value is -2.37. The third kappa shape index (κ3) is 3.52. The van der Waals surface area contributed by atoms with E-state index in [-0.39, 0.29) is 11.9 Å². The van der Waals surface area contributed by atoms with Crippen molar-refractivity contribution in [3.8, 4) is 0 Å². The Morgan fingerprint density at radius 1 is 1.40 bits per heavy atom. The predicted octanol–water partition coefficient (Wildman–Crippen LogP) is 2.99. The van der Waals surface area contributed by atoms with Gasteiger partial charge in [0.1, 0.15) is 17.1 Å². The Kier molecular flexibility index (Phi) is 5.06. The fourth-order valence-electron chi connectivity index (χ4n) is 3.46. The Labute approximate surface area is 148 Å². The maximum atomic E-state index is 13.0. The van der Waals surface area contributed by atoms with Crippen LogP contribution in [0.2, 0.25) is 0 Å². The molecule has 0 saturated carbocycles. The highest BCUT2D eigenvalue weighted by Gasteiger charge is 2.30. The maximum absolute atomic E-state index is 13.0. The van der Waals surface area contributed by atoms with E-state index in [1.54, 1.807) is 6.92 Å². The molecule has 6 nitrogen and oxygen atoms in total. The number of aromatic nitrogens is 2. The molecule has 3 heterocycles. The third-order valence-corrected chi connectivity index (χ3v) is 4.94. The van der Waals surface area contributed by atoms with Crippen LogP contribution >= 0.6 is 0 Å². The van der Waals surface area contributed by atoms with Crippen molar-refractivity contribution in [2.45, 2.75) is 46.1 Å². The summed E-state index contributed by atoms with van der Waals surface area (Å²) in [6.45, 7) is 7.56. The minimum absolute atomic E-state index is 0.000323. The van der Waals surface area contributed by atoms with Crippen LogP contribution < -0.4 is 4.90 Å². The van der Waals surface area contributed by atoms with Crippen LogP contribution in [-0.4, -0.2) is 47.1 Å². The number of carbonyl (C=O) groups excluding carboxylic acids is 1. The van der Waals surface area contributed by atoms with E-state index in [0.717, 1.165) is 43.1 Å². The summed E-state index contributed by atoms with van der Waals surface area (Å²) in [6.07, 6.45) is 2.73. The molecule has 1 aliphatic heterocycles. The maximum Gasteiger partial charge on any atom is 0.259 e. The largest absolute Gasteiger partial charge is 0.361 e. The molecule has 2 aromatic rings. The number of hydrogen-bond acceptors (Lipinski definition) is 5. The van der Waals surface area contributed by atoms with Crippen molar-refractivity contribution >= 4 is 11.7 Å². The van der Waals surface area contributed by atoms with Gasteiger partial charge in [-0.3, -0.25) is 4.79 Å². The Bertz CT molecular complexity index is 756. The molecule has 1 unspecified atom stereocenters. The number of carbonyl (C=O) groups is 1. The Morgan fingerprint density at radius 2 is 2.20 bits per heavy atom. The molecule has 1 amide bonds. The summed E-state index contributed by atoms with van der Waals surface area (Å²) in [5, 5.41) is 4.01. The molecule has 1 fully saturated rings. The highest BCUT2D eigenvalue weighted by molar-refractivity contribution is 5.96. The lowest BCUT2D eigenvalue weighted by molar-refractivity contribution is 0.0714. The molecule has 0 spiro atoms. The van der Waals surface area contributed by atoms with Gasteiger partial charge < -0.3 is 14.3 Å². The van der Waals surface area contributed by atoms with Crippen molar-refractivity contribution in [1.29, 1.82) is 0 Å². The normalized spacial score (nSPS) is 17.6. The van der Waals surface area contributed by atoms with Crippen LogP contribution in [0.4, 0.5) is 5.82 Å². The van der Waals surface area contributed by atoms with Crippen LogP contribution in [0.25, 0.3) is 0 Å². The molecule has 1 atom stereocenters. The van der Waals surface area contributed by atoms with Gasteiger partial charge in [-0.25, -0.2) is 4.98 Å². The highest BCUT2D eigenvalue weighted by Crippen LogP contribution is 2.23. The topological polar surface area (TPSA) is 62.5 Å². The van der Waals surface area contributed by atoms with Crippen molar-refractivity contribution in [3.05, 3.63) is 40.9 Å². The van der Waals surface area contributed by atoms with Crippen molar-refractivity contribution in [2.75, 3.05) is 25.0 Å². The standard InChI is InChI=1S/C19H26N4O2/c1-5-16-18(14(3)25-21-16)19(24)22(4)15-9-7-11-23(12-15)17-10-6-8-13(2)20-17/h6,8,10,15H,5,7,9,11-12H2,1-4H3. The van der Waals surface area contributed by atoms with E-state index in [1.165, 1.54) is 0 Å². The van der Waals surface area contributed by atoms with E-state index >= 15 is 0 Å². The Morgan fingerprint density at radius 3 is 2.92 bits per heavy atom. The predicted molar refractivity (Wildman–Crippen MR) is 96.9 cm³/mol. The molecular formula is C19H26N4O2. The number of nitrogens with zero attached hydrogens (tertiary/aromatic N) is 4. The average Bonchev–Trinajstić information content (AvgIpc) is 3.01. The molecule has 6 heteroatoms. The van der Waals surface area contributed by atoms with Crippen molar-refractivity contribution in [2.24, 2.45) is 0 Å². The quantitative estimate of drug-likeness (QED) is 0.855. The number of hydrogen-bond donors (Lipinski definition) is 0. The van der Waals surface area contributed by atoms with Gasteiger partial charge in [-0.1, -0.05) is 18.1 Å². The summed E-state index contributed by atoms with van der Waals surface area (Å²) >= 11 is 0. The first kappa shape index (κ1) is 17.5. The van der Waals surface area contributed by atoms with E-state index in [9.17, 15) is 4.79 Å². The highest BCUT2D eigenvalue weighted by atomic mass is 16.5. The van der Waals surface area contributed by atoms with Crippen LogP contribution in [0, 0.1) is 13.8 Å². The van der Waals surface area contributed by atoms with Crippen LogP contribution in [0.1, 0.15) is 47.3 Å². The van der Waals surface area contributed by atoms with Gasteiger partial charge in [0.05, 0.1) is 5.69 Å². The van der Waals surface area contributed by atoms with Gasteiger partial charge in [-0.05, 0) is 45.2 Å². The van der Waals surface area contributed by atoms with Crippen LogP contribution in [0.5, 0.6) is 0 Å². The molecule has 1 aliphatic rings. The number of aryl methyl sites for hydroxylation is 3. The fraction of sp³-hybridized carbons (Fsp3) is 0.526. The second kappa shape index (κ2) is 7.25. The van der Waals surface area contributed by atoms with E-state index < -0.39 is 0 Å². The van der Waals surface area contributed by atoms with Gasteiger partial charge in [0.2, 0.25) is 0 Å². The van der Waals surface area contributed by atoms with Gasteiger partial charge in [-0.15, -0.1) is 0 Å². The zero-order chi connectivity index (χ0) is 18.0. The molecule has 134 valence electrons. The summed E-state index contributed by atoms with van der Waals surface area (Å²) in [5.41, 5.74) is 2.37. The van der Waals surface area contributed by atoms with Crippen molar-refractivity contribution < 1.29 is 9.32 Å². The number of likely N-dealkylation sites (N-methyl/N-ethyl adjacent to an activating group) is 1. The number of amides is 1. The SMILES string of the molecule is CCc1noc(C)c1C(=O)N(C)C1CCCN(c2cccc(C)n2)C1. The molecule has 0 N–H and O–H groups in total. The molecule has 0 aliphatic carbocycles. The molecule has 0 bridgehead atoms. The average molecular weight is 342 g/mol. The lowest BCUT2D eigenvalue weighted by Gasteiger charge is -2.38. The number of piperidine rings is 1. The van der Waals surface area contributed by atoms with Crippen molar-refractivity contribution in [3.63, 3.8) is 0 Å². The summed E-state index contributed by atoms with van der Waals surface area (Å²) in [4.78, 5) is 21.7. The van der Waals surface area contributed by atoms with E-state index in [1.807, 2.05) is 44.0 Å². The monoisotopic (exact) mass is 342 g/mol. The van der Waals surface area contributed by atoms with Gasteiger partial charge in [0.15, 0.2) is 0 Å². The lowest BCUT2D eigenvalue weighted by atomic mass is 10.0. The lowest BCUT2D eigenvalue weighted by Crippen LogP contribution is -2.49. The zero-order valence-corrected chi connectivity index (χ0v) is 15.5. The number of pyridine rings is 1. The summed E-state index contributed by atoms with van der Waals surface area (Å²) < 4.78 is 5.23. The van der Waals surface area contributed by atoms with Gasteiger partial charge >= 0.3 is 0 Å². The van der Waals surface area contributed by atoms with Crippen LogP contribution in [0.15, 0.2) is 22.7 Å². The minimum atomic E-state index is -0.000323. The van der Waals surface area contributed by atoms with Gasteiger partial charge in [0.25, 0.3) is 5.91 Å². The molecule has 25 heavy (non-hydrogen) atoms. The molecule has 1 saturated heterocycles. The van der Waals surface area contributed by atoms with Gasteiger partial charge in [-0.2, -0.15) is 0 Å². The molecular weight excluding hydrogens is 316 g/mol. The van der Waals surface area contributed by atoms with Crippen LogP contribution in [0.3, 0.4) is 0 Å². The summed E-state index contributed by atoms with van der Waals surface area (Å²) in [6, 6.07) is 6.23. The van der Waals surface area contributed by atoms with E-state index in [2.05, 4.69) is 15.0 Å². The molecule has 2 aromatic heterocycles. The first-order chi connectivity index (χ1) is 12.0. The molecule has 0 radical (unpaired) electrons. The van der Waals surface area contributed by atoms with E-state index in [0.29, 0.717) is 17.7 Å². The first-order valence-electron chi connectivity index (χ1n) is 8.92. The van der Waals surface area contributed by atoms with Crippen LogP contribution in [-0.2, 0) is 6.42 Å². The number of anilines is 1.